The number of aromatic nitrogens is 8. The summed E-state index contributed by atoms with van der Waals surface area (Å²) in [6.45, 7) is 21.7. The number of rotatable bonds is 9. The van der Waals surface area contributed by atoms with Crippen LogP contribution < -0.4 is 5.56 Å². The molecule has 7 aromatic rings. The third-order valence-corrected chi connectivity index (χ3v) is 13.3. The number of aliphatic hydroxyl groups is 1. The van der Waals surface area contributed by atoms with Crippen molar-refractivity contribution in [3.8, 4) is 0 Å². The molecule has 0 aromatic carbocycles. The summed E-state index contributed by atoms with van der Waals surface area (Å²) in [7, 11) is 0. The normalized spacial score (nSPS) is 9.11. The average Bonchev–Trinajstić information content (AvgIpc) is 3.38. The minimum Gasteiger partial charge on any atom is -0.462 e. The standard InChI is InChI=1S/C12H12ClN3OS.2C8H7BrClNO2.C7H7BrClN.C7H8ClNO.C5H3BrClN.2C2H5.2CH4.Br3P.Pd.Zn/c1-7-4-14-5-10(13)9(7)6-18-12-15-8(2)3-11(17)16-12;2*1-2-13-8(12)7-5(9)3-11-4-6(7)10;1-5-3-10-4-7(9)6(5)2-8;1-5-2-9-3-7(8)6(5)4-10;6-4-1-5(7)3-8-2-4;2*1-2;;;1-4(2)3;;/h3-5H,6H2,1-2H3,(H,15,16,17);2*3-4H,2H2,1H3;3-4H,2H2,1H3;2-3,10H,4H2,1H3;1-3H;2*1H2,2H3;2*1H4;;;/q;;;;;;2*-1;;;;;+2. The molecule has 0 fully saturated rings. The predicted molar refractivity (Wildman–Crippen MR) is 372 cm³/mol. The summed E-state index contributed by atoms with van der Waals surface area (Å²) < 4.78 is 11.4. The summed E-state index contributed by atoms with van der Waals surface area (Å²) in [5.74, 6) is -0.233. The van der Waals surface area contributed by atoms with Gasteiger partial charge in [-0.1, -0.05) is 112 Å². The zero-order valence-electron chi connectivity index (χ0n) is 44.9. The van der Waals surface area contributed by atoms with Crippen LogP contribution in [0.15, 0.2) is 110 Å². The van der Waals surface area contributed by atoms with Crippen LogP contribution in [0.3, 0.4) is 0 Å². The number of halogens is 13. The second-order valence-electron chi connectivity index (χ2n) is 13.9. The molecule has 0 atom stereocenters. The topological polar surface area (TPSA) is 196 Å². The zero-order chi connectivity index (χ0) is 61.5. The van der Waals surface area contributed by atoms with Gasteiger partial charge in [-0.05, 0) is 170 Å². The average molecular weight is 1910 g/mol. The monoisotopic (exact) mass is 1900 g/mol. The van der Waals surface area contributed by atoms with Crippen LogP contribution in [0.5, 0.6) is 0 Å². The van der Waals surface area contributed by atoms with Gasteiger partial charge in [0.25, 0.3) is 5.56 Å². The fourth-order valence-corrected chi connectivity index (χ4v) is 10.2. The molecule has 0 spiro atoms. The van der Waals surface area contributed by atoms with Crippen molar-refractivity contribution in [1.82, 2.24) is 39.9 Å². The Kier molecular flexibility index (Phi) is 64.2. The fourth-order valence-electron chi connectivity index (χ4n) is 4.99. The SMILES string of the molecule is BrP(Br)Br.C.C.CCOC(=O)c1c(Cl)cncc1Br.CCOC(=O)c1c(Cl)cncc1Br.Cc1cc(=O)[nH]c(SCc2c(C)cncc2Cl)n1.Cc1cncc(Cl)c1CBr.Cc1cncc(Cl)c1CO.Clc1cncc(Br)c1.[CH2-]C.[CH2-]C.[Pd].[Zn+2]. The van der Waals surface area contributed by atoms with Gasteiger partial charge in [0.1, 0.15) is 4.03 Å². The van der Waals surface area contributed by atoms with E-state index in [-0.39, 0.29) is 81.0 Å². The van der Waals surface area contributed by atoms with Crippen LogP contribution in [-0.4, -0.2) is 70.1 Å². The first-order valence-corrected chi connectivity index (χ1v) is 36.6. The van der Waals surface area contributed by atoms with Crippen molar-refractivity contribution in [2.75, 3.05) is 13.2 Å². The van der Waals surface area contributed by atoms with E-state index in [0.717, 1.165) is 48.2 Å². The molecule has 7 heterocycles. The number of aryl methyl sites for hydroxylation is 4. The van der Waals surface area contributed by atoms with Gasteiger partial charge in [-0.25, -0.2) is 14.6 Å². The summed E-state index contributed by atoms with van der Waals surface area (Å²) in [5.41, 5.74) is 7.19. The van der Waals surface area contributed by atoms with Crippen LogP contribution in [-0.2, 0) is 67.1 Å². The van der Waals surface area contributed by atoms with Crippen LogP contribution >= 0.6 is 196 Å². The van der Waals surface area contributed by atoms with Crippen LogP contribution in [0, 0.1) is 41.5 Å². The quantitative estimate of drug-likeness (QED) is 0.0263. The Morgan fingerprint density at radius 2 is 0.964 bits per heavy atom. The number of carbonyl (C=O) groups is 2. The first-order chi connectivity index (χ1) is 37.9. The van der Waals surface area contributed by atoms with Crippen LogP contribution in [0.25, 0.3) is 0 Å². The number of nitrogens with one attached hydrogen (secondary N) is 1. The van der Waals surface area contributed by atoms with Crippen molar-refractivity contribution < 1.29 is 64.1 Å². The van der Waals surface area contributed by atoms with Gasteiger partial charge in [0.05, 0.1) is 70.0 Å². The number of thioether (sulfide) groups is 1. The van der Waals surface area contributed by atoms with Crippen molar-refractivity contribution in [3.05, 3.63) is 204 Å². The summed E-state index contributed by atoms with van der Waals surface area (Å²) in [5, 5.41) is 13.3. The van der Waals surface area contributed by atoms with E-state index in [0.29, 0.717) is 65.0 Å². The Morgan fingerprint density at radius 1 is 0.607 bits per heavy atom. The number of aliphatic hydroxyl groups excluding tert-OH is 1. The minimum atomic E-state index is -0.443. The Bertz CT molecular complexity index is 2790. The van der Waals surface area contributed by atoms with Crippen LogP contribution in [0.2, 0.25) is 30.1 Å². The number of hydrogen-bond acceptors (Lipinski definition) is 14. The van der Waals surface area contributed by atoms with Gasteiger partial charge in [0, 0.05) is 128 Å². The van der Waals surface area contributed by atoms with Gasteiger partial charge in [-0.15, -0.1) is 0 Å². The Morgan fingerprint density at radius 3 is 1.25 bits per heavy atom. The smallest absolute Gasteiger partial charge is 0.462 e. The molecule has 0 radical (unpaired) electrons. The van der Waals surface area contributed by atoms with Crippen molar-refractivity contribution >= 4 is 208 Å². The molecule has 31 heteroatoms. The summed E-state index contributed by atoms with van der Waals surface area (Å²) in [4.78, 5) is 64.1. The predicted octanol–water partition coefficient (Wildman–Crippen LogP) is 21.4. The number of ether oxygens (including phenoxy) is 2. The van der Waals surface area contributed by atoms with E-state index in [1.165, 1.54) is 48.8 Å². The third kappa shape index (κ3) is 40.6. The van der Waals surface area contributed by atoms with E-state index in [1.54, 1.807) is 77.9 Å². The number of alkyl halides is 1. The maximum Gasteiger partial charge on any atom is 2.00 e. The van der Waals surface area contributed by atoms with Crippen molar-refractivity contribution in [2.24, 2.45) is 0 Å². The number of carbonyl (C=O) groups excluding carboxylic acids is 2. The van der Waals surface area contributed by atoms with Crippen molar-refractivity contribution in [1.29, 1.82) is 0 Å². The van der Waals surface area contributed by atoms with Crippen molar-refractivity contribution in [2.45, 2.75) is 93.1 Å². The Balaban J connectivity index is -0.000000213. The molecule has 2 N–H and O–H groups in total. The van der Waals surface area contributed by atoms with E-state index in [4.69, 9.17) is 84.2 Å². The molecule has 7 aromatic heterocycles. The third-order valence-electron chi connectivity index (χ3n) is 8.49. The number of aromatic amines is 1. The molecule has 0 amide bonds. The second-order valence-corrected chi connectivity index (χ2v) is 35.9. The largest absolute Gasteiger partial charge is 2.00 e. The number of esters is 2. The van der Waals surface area contributed by atoms with Crippen LogP contribution in [0.1, 0.15) is 102 Å². The van der Waals surface area contributed by atoms with Gasteiger partial charge in [-0.2, -0.15) is 13.8 Å². The molecule has 0 saturated carbocycles. The van der Waals surface area contributed by atoms with E-state index in [1.807, 2.05) is 27.0 Å². The maximum absolute atomic E-state index is 11.3. The van der Waals surface area contributed by atoms with Gasteiger partial charge >= 0.3 is 31.4 Å². The molecular formula is C53H62Br7Cl6N8O6PPdSZn. The molecular weight excluding hydrogens is 1850 g/mol. The summed E-state index contributed by atoms with van der Waals surface area (Å²) >= 11 is 58.6. The molecule has 0 bridgehead atoms. The maximum atomic E-state index is 11.3. The fraction of sp³-hybridized carbons (Fsp3) is 0.283. The Labute approximate surface area is 614 Å². The summed E-state index contributed by atoms with van der Waals surface area (Å²) in [6.07, 6.45) is 19.1. The van der Waals surface area contributed by atoms with Gasteiger partial charge in [-0.3, -0.25) is 34.7 Å². The zero-order valence-corrected chi connectivity index (χ0v) is 66.8. The number of hydrogen-bond donors (Lipinski definition) is 2. The Hall–Kier alpha value is -0.154. The number of nitrogens with zero attached hydrogens (tertiary/aromatic N) is 7. The second kappa shape index (κ2) is 56.8. The van der Waals surface area contributed by atoms with Crippen LogP contribution in [0.4, 0.5) is 0 Å². The number of H-pyrrole nitrogens is 1. The first kappa shape index (κ1) is 95.0. The number of pyridine rings is 6. The molecule has 0 aliphatic heterocycles. The molecule has 7 rings (SSSR count). The molecule has 0 saturated heterocycles. The summed E-state index contributed by atoms with van der Waals surface area (Å²) in [6, 6.07) is 3.25. The van der Waals surface area contributed by atoms with Gasteiger partial charge in [0.2, 0.25) is 0 Å². The molecule has 0 aliphatic carbocycles. The van der Waals surface area contributed by atoms with E-state index < -0.39 is 11.9 Å². The molecule has 84 heavy (non-hydrogen) atoms. The molecule has 0 unspecified atom stereocenters. The van der Waals surface area contributed by atoms with Gasteiger partial charge < -0.3 is 33.4 Å². The first-order valence-electron chi connectivity index (χ1n) is 22.4. The molecule has 14 nitrogen and oxygen atoms in total. The van der Waals surface area contributed by atoms with E-state index in [9.17, 15) is 14.4 Å². The van der Waals surface area contributed by atoms with E-state index in [2.05, 4.69) is 164 Å². The molecule has 464 valence electrons. The van der Waals surface area contributed by atoms with Crippen molar-refractivity contribution in [3.63, 3.8) is 0 Å². The van der Waals surface area contributed by atoms with Gasteiger partial charge in [0.15, 0.2) is 5.16 Å². The minimum absolute atomic E-state index is 0. The van der Waals surface area contributed by atoms with E-state index >= 15 is 0 Å². The molecule has 0 aliphatic rings.